The molecule has 0 amide bonds. The summed E-state index contributed by atoms with van der Waals surface area (Å²) >= 11 is 0. The Hall–Kier alpha value is -0.660. The third-order valence-electron chi connectivity index (χ3n) is 3.38. The molecule has 0 aromatic carbocycles. The van der Waals surface area contributed by atoms with Crippen LogP contribution < -0.4 is 0 Å². The van der Waals surface area contributed by atoms with Crippen LogP contribution in [0.25, 0.3) is 0 Å². The lowest BCUT2D eigenvalue weighted by Crippen LogP contribution is -1.94. The number of carbonyl (C=O) groups excluding carboxylic acids is 2. The number of hydrogen-bond donors (Lipinski definition) is 0. The van der Waals surface area contributed by atoms with Gasteiger partial charge in [0.15, 0.2) is 0 Å². The molecule has 106 valence electrons. The molecule has 0 rings (SSSR count). The van der Waals surface area contributed by atoms with Crippen LogP contribution in [0.1, 0.15) is 90.9 Å². The predicted octanol–water partition coefficient (Wildman–Crippen LogP) is 4.85. The first-order chi connectivity index (χ1) is 8.66. The summed E-state index contributed by atoms with van der Waals surface area (Å²) in [6.07, 6.45) is 13.2. The first-order valence-corrected chi connectivity index (χ1v) is 7.68. The molecular weight excluding hydrogens is 224 g/mol. The summed E-state index contributed by atoms with van der Waals surface area (Å²) in [4.78, 5) is 21.8. The Bertz CT molecular complexity index is 221. The third kappa shape index (κ3) is 13.4. The fourth-order valence-corrected chi connectivity index (χ4v) is 2.11. The number of ketones is 2. The lowest BCUT2D eigenvalue weighted by Gasteiger charge is -2.02. The number of rotatable bonds is 13. The molecule has 0 fully saturated rings. The largest absolute Gasteiger partial charge is 0.300 e. The molecule has 0 heterocycles. The summed E-state index contributed by atoms with van der Waals surface area (Å²) in [5.41, 5.74) is 0. The first-order valence-electron chi connectivity index (χ1n) is 7.68. The van der Waals surface area contributed by atoms with Crippen LogP contribution in [-0.2, 0) is 9.59 Å². The smallest absolute Gasteiger partial charge is 0.132 e. The van der Waals surface area contributed by atoms with Crippen molar-refractivity contribution in [1.82, 2.24) is 0 Å². The van der Waals surface area contributed by atoms with Gasteiger partial charge in [-0.1, -0.05) is 51.9 Å². The highest BCUT2D eigenvalue weighted by Crippen LogP contribution is 2.11. The van der Waals surface area contributed by atoms with E-state index in [1.165, 1.54) is 44.9 Å². The molecule has 0 N–H and O–H groups in total. The number of carbonyl (C=O) groups is 2. The summed E-state index contributed by atoms with van der Waals surface area (Å²) in [5, 5.41) is 0. The SMILES string of the molecule is CCC(=O)CCCCCCCCCCCC(C)=O. The molecule has 0 radical (unpaired) electrons. The van der Waals surface area contributed by atoms with Gasteiger partial charge in [0, 0.05) is 19.3 Å². The van der Waals surface area contributed by atoms with Crippen molar-refractivity contribution in [1.29, 1.82) is 0 Å². The van der Waals surface area contributed by atoms with Crippen LogP contribution >= 0.6 is 0 Å². The van der Waals surface area contributed by atoms with E-state index >= 15 is 0 Å². The molecule has 2 heteroatoms. The molecule has 0 atom stereocenters. The van der Waals surface area contributed by atoms with E-state index in [2.05, 4.69) is 0 Å². The summed E-state index contributed by atoms with van der Waals surface area (Å²) in [5.74, 6) is 0.720. The van der Waals surface area contributed by atoms with Crippen molar-refractivity contribution in [2.75, 3.05) is 0 Å². The molecule has 0 aliphatic rings. The number of unbranched alkanes of at least 4 members (excludes halogenated alkanes) is 8. The summed E-state index contributed by atoms with van der Waals surface area (Å²) in [6, 6.07) is 0. The van der Waals surface area contributed by atoms with Crippen molar-refractivity contribution in [3.05, 3.63) is 0 Å². The van der Waals surface area contributed by atoms with Crippen molar-refractivity contribution in [3.8, 4) is 0 Å². The van der Waals surface area contributed by atoms with E-state index in [0.717, 1.165) is 25.7 Å². The standard InChI is InChI=1S/C16H30O2/c1-3-16(18)14-12-10-8-6-4-5-7-9-11-13-15(2)17/h3-14H2,1-2H3. The third-order valence-corrected chi connectivity index (χ3v) is 3.38. The highest BCUT2D eigenvalue weighted by Gasteiger charge is 1.98. The van der Waals surface area contributed by atoms with Gasteiger partial charge in [-0.25, -0.2) is 0 Å². The Kier molecular flexibility index (Phi) is 12.3. The van der Waals surface area contributed by atoms with E-state index in [1.807, 2.05) is 6.92 Å². The molecule has 0 aromatic rings. The first kappa shape index (κ1) is 17.3. The van der Waals surface area contributed by atoms with Crippen molar-refractivity contribution >= 4 is 11.6 Å². The Morgan fingerprint density at radius 1 is 0.667 bits per heavy atom. The topological polar surface area (TPSA) is 34.1 Å². The number of Topliss-reactive ketones (excluding diaryl/α,β-unsaturated/α-hetero) is 2. The minimum absolute atomic E-state index is 0.316. The highest BCUT2D eigenvalue weighted by molar-refractivity contribution is 5.77. The second-order valence-corrected chi connectivity index (χ2v) is 5.28. The lowest BCUT2D eigenvalue weighted by atomic mass is 10.0. The van der Waals surface area contributed by atoms with E-state index in [-0.39, 0.29) is 0 Å². The van der Waals surface area contributed by atoms with Gasteiger partial charge in [0.1, 0.15) is 11.6 Å². The van der Waals surface area contributed by atoms with Crippen molar-refractivity contribution in [2.45, 2.75) is 90.9 Å². The van der Waals surface area contributed by atoms with Crippen LogP contribution in [0.15, 0.2) is 0 Å². The van der Waals surface area contributed by atoms with Gasteiger partial charge in [0.2, 0.25) is 0 Å². The molecule has 0 bridgehead atoms. The normalized spacial score (nSPS) is 10.6. The van der Waals surface area contributed by atoms with Gasteiger partial charge < -0.3 is 4.79 Å². The van der Waals surface area contributed by atoms with Crippen molar-refractivity contribution in [2.24, 2.45) is 0 Å². The maximum absolute atomic E-state index is 11.1. The minimum atomic E-state index is 0.316. The lowest BCUT2D eigenvalue weighted by molar-refractivity contribution is -0.119. The van der Waals surface area contributed by atoms with Gasteiger partial charge in [-0.3, -0.25) is 4.79 Å². The maximum atomic E-state index is 11.1. The molecule has 0 saturated heterocycles. The zero-order valence-electron chi connectivity index (χ0n) is 12.3. The van der Waals surface area contributed by atoms with Crippen LogP contribution in [0, 0.1) is 0 Å². The average Bonchev–Trinajstić information content (AvgIpc) is 2.35. The Labute approximate surface area is 113 Å². The Morgan fingerprint density at radius 2 is 1.06 bits per heavy atom. The monoisotopic (exact) mass is 254 g/mol. The Morgan fingerprint density at radius 3 is 1.44 bits per heavy atom. The summed E-state index contributed by atoms with van der Waals surface area (Å²) < 4.78 is 0. The maximum Gasteiger partial charge on any atom is 0.132 e. The van der Waals surface area contributed by atoms with E-state index in [0.29, 0.717) is 18.0 Å². The summed E-state index contributed by atoms with van der Waals surface area (Å²) in [7, 11) is 0. The van der Waals surface area contributed by atoms with Gasteiger partial charge >= 0.3 is 0 Å². The van der Waals surface area contributed by atoms with Crippen LogP contribution in [0.2, 0.25) is 0 Å². The fraction of sp³-hybridized carbons (Fsp3) is 0.875. The molecule has 18 heavy (non-hydrogen) atoms. The van der Waals surface area contributed by atoms with Crippen LogP contribution in [0.4, 0.5) is 0 Å². The quantitative estimate of drug-likeness (QED) is 0.440. The van der Waals surface area contributed by atoms with Crippen LogP contribution in [0.5, 0.6) is 0 Å². The molecule has 0 saturated carbocycles. The van der Waals surface area contributed by atoms with Gasteiger partial charge in [0.05, 0.1) is 0 Å². The molecule has 0 aliphatic heterocycles. The number of hydrogen-bond acceptors (Lipinski definition) is 2. The van der Waals surface area contributed by atoms with Gasteiger partial charge in [-0.05, 0) is 19.8 Å². The molecular formula is C16H30O2. The summed E-state index contributed by atoms with van der Waals surface area (Å²) in [6.45, 7) is 3.61. The second kappa shape index (κ2) is 12.8. The molecule has 2 nitrogen and oxygen atoms in total. The average molecular weight is 254 g/mol. The van der Waals surface area contributed by atoms with Gasteiger partial charge in [-0.2, -0.15) is 0 Å². The zero-order chi connectivity index (χ0) is 13.6. The molecule has 0 unspecified atom stereocenters. The molecule has 0 aliphatic carbocycles. The van der Waals surface area contributed by atoms with Crippen molar-refractivity contribution in [3.63, 3.8) is 0 Å². The van der Waals surface area contributed by atoms with Crippen molar-refractivity contribution < 1.29 is 9.59 Å². The van der Waals surface area contributed by atoms with Crippen LogP contribution in [0.3, 0.4) is 0 Å². The molecule has 0 aromatic heterocycles. The minimum Gasteiger partial charge on any atom is -0.300 e. The zero-order valence-corrected chi connectivity index (χ0v) is 12.3. The van der Waals surface area contributed by atoms with E-state index < -0.39 is 0 Å². The van der Waals surface area contributed by atoms with Gasteiger partial charge in [0.25, 0.3) is 0 Å². The van der Waals surface area contributed by atoms with E-state index in [9.17, 15) is 9.59 Å². The predicted molar refractivity (Wildman–Crippen MR) is 76.8 cm³/mol. The Balaban J connectivity index is 3.03. The van der Waals surface area contributed by atoms with Gasteiger partial charge in [-0.15, -0.1) is 0 Å². The van der Waals surface area contributed by atoms with E-state index in [1.54, 1.807) is 6.92 Å². The fourth-order valence-electron chi connectivity index (χ4n) is 2.11. The molecule has 0 spiro atoms. The van der Waals surface area contributed by atoms with Crippen LogP contribution in [-0.4, -0.2) is 11.6 Å². The highest BCUT2D eigenvalue weighted by atomic mass is 16.1. The van der Waals surface area contributed by atoms with E-state index in [4.69, 9.17) is 0 Å². The second-order valence-electron chi connectivity index (χ2n) is 5.28.